The topological polar surface area (TPSA) is 43.3 Å². The fourth-order valence-electron chi connectivity index (χ4n) is 2.77. The Hall–Kier alpha value is -2.60. The fraction of sp³-hybridized carbons (Fsp3) is 0.318. The Labute approximate surface area is 168 Å². The molecule has 0 saturated carbocycles. The second kappa shape index (κ2) is 8.61. The number of benzene rings is 2. The minimum absolute atomic E-state index is 0.00388. The first-order chi connectivity index (χ1) is 13.4. The quantitative estimate of drug-likeness (QED) is 0.544. The Balaban J connectivity index is 1.69. The van der Waals surface area contributed by atoms with E-state index in [2.05, 4.69) is 5.32 Å². The van der Waals surface area contributed by atoms with Gasteiger partial charge in [0.15, 0.2) is 0 Å². The van der Waals surface area contributed by atoms with Gasteiger partial charge in [-0.3, -0.25) is 8.75 Å². The minimum atomic E-state index is -0.282. The van der Waals surface area contributed by atoms with Gasteiger partial charge in [0.1, 0.15) is 17.3 Å². The van der Waals surface area contributed by atoms with Crippen molar-refractivity contribution in [3.63, 3.8) is 0 Å². The normalized spacial score (nSPS) is 11.4. The Bertz CT molecular complexity index is 957. The average molecular weight is 401 g/mol. The van der Waals surface area contributed by atoms with Gasteiger partial charge in [-0.25, -0.2) is 4.39 Å². The Morgan fingerprint density at radius 1 is 1.07 bits per heavy atom. The van der Waals surface area contributed by atoms with E-state index in [9.17, 15) is 9.18 Å². The molecule has 0 aliphatic carbocycles. The molecule has 6 heteroatoms. The third-order valence-corrected chi connectivity index (χ3v) is 5.68. The third-order valence-electron chi connectivity index (χ3n) is 4.16. The third kappa shape index (κ3) is 4.81. The lowest BCUT2D eigenvalue weighted by molar-refractivity contribution is 0.314. The molecule has 148 valence electrons. The maximum absolute atomic E-state index is 13.0. The van der Waals surface area contributed by atoms with E-state index in [1.807, 2.05) is 55.1 Å². The number of ether oxygens (including phenoxy) is 1. The first-order valence-electron chi connectivity index (χ1n) is 9.31. The zero-order valence-corrected chi connectivity index (χ0v) is 17.2. The lowest BCUT2D eigenvalue weighted by Gasteiger charge is -2.18. The van der Waals surface area contributed by atoms with Gasteiger partial charge in [-0.2, -0.15) is 0 Å². The van der Waals surface area contributed by atoms with Crippen molar-refractivity contribution in [3.05, 3.63) is 70.8 Å². The predicted octanol–water partition coefficient (Wildman–Crippen LogP) is 5.35. The zero-order valence-electron chi connectivity index (χ0n) is 16.4. The van der Waals surface area contributed by atoms with Crippen LogP contribution in [0, 0.1) is 5.82 Å². The highest BCUT2D eigenvalue weighted by molar-refractivity contribution is 7.11. The molecule has 1 heterocycles. The summed E-state index contributed by atoms with van der Waals surface area (Å²) in [6.07, 6.45) is 0.719. The fourth-order valence-corrected chi connectivity index (χ4v) is 3.89. The van der Waals surface area contributed by atoms with E-state index >= 15 is 0 Å². The molecule has 0 radical (unpaired) electrons. The van der Waals surface area contributed by atoms with Crippen molar-refractivity contribution in [2.75, 3.05) is 18.5 Å². The standard InChI is InChI=1S/C22H25FN2O2S/c1-22(2,3)25-21(26)19(20(28-25)16-8-5-4-6-9-16)24-14-7-15-27-18-12-10-17(23)11-13-18/h4-6,8-13,24H,7,14-15H2,1-3H3. The van der Waals surface area contributed by atoms with Crippen LogP contribution in [0.25, 0.3) is 10.4 Å². The molecule has 2 aromatic carbocycles. The maximum Gasteiger partial charge on any atom is 0.285 e. The molecule has 0 amide bonds. The van der Waals surface area contributed by atoms with E-state index < -0.39 is 0 Å². The van der Waals surface area contributed by atoms with E-state index in [0.29, 0.717) is 24.6 Å². The molecular weight excluding hydrogens is 375 g/mol. The number of aromatic nitrogens is 1. The molecule has 1 N–H and O–H groups in total. The van der Waals surface area contributed by atoms with Crippen LogP contribution in [0.1, 0.15) is 27.2 Å². The van der Waals surface area contributed by atoms with Gasteiger partial charge in [0.25, 0.3) is 5.56 Å². The highest BCUT2D eigenvalue weighted by Gasteiger charge is 2.23. The van der Waals surface area contributed by atoms with Gasteiger partial charge in [0.2, 0.25) is 0 Å². The lowest BCUT2D eigenvalue weighted by atomic mass is 10.1. The van der Waals surface area contributed by atoms with Gasteiger partial charge in [0.05, 0.1) is 17.0 Å². The summed E-state index contributed by atoms with van der Waals surface area (Å²) in [6, 6.07) is 15.9. The second-order valence-electron chi connectivity index (χ2n) is 7.51. The Morgan fingerprint density at radius 3 is 2.39 bits per heavy atom. The SMILES string of the molecule is CC(C)(C)n1sc(-c2ccccc2)c(NCCCOc2ccc(F)cc2)c1=O. The summed E-state index contributed by atoms with van der Waals surface area (Å²) in [5.41, 5.74) is 1.37. The molecule has 0 spiro atoms. The summed E-state index contributed by atoms with van der Waals surface area (Å²) in [4.78, 5) is 13.9. The molecule has 4 nitrogen and oxygen atoms in total. The van der Waals surface area contributed by atoms with E-state index in [1.54, 1.807) is 12.1 Å². The van der Waals surface area contributed by atoms with Gasteiger partial charge < -0.3 is 10.1 Å². The van der Waals surface area contributed by atoms with Crippen molar-refractivity contribution in [2.45, 2.75) is 32.7 Å². The van der Waals surface area contributed by atoms with Crippen molar-refractivity contribution in [3.8, 4) is 16.2 Å². The molecule has 3 rings (SSSR count). The summed E-state index contributed by atoms with van der Waals surface area (Å²) < 4.78 is 20.4. The second-order valence-corrected chi connectivity index (χ2v) is 8.47. The van der Waals surface area contributed by atoms with Gasteiger partial charge in [-0.15, -0.1) is 0 Å². The number of hydrogen-bond donors (Lipinski definition) is 1. The molecule has 1 aromatic heterocycles. The van der Waals surface area contributed by atoms with Crippen LogP contribution in [-0.2, 0) is 5.54 Å². The van der Waals surface area contributed by atoms with Crippen molar-refractivity contribution in [2.24, 2.45) is 0 Å². The first kappa shape index (κ1) is 20.1. The van der Waals surface area contributed by atoms with Crippen molar-refractivity contribution in [1.29, 1.82) is 0 Å². The Morgan fingerprint density at radius 2 is 1.75 bits per heavy atom. The van der Waals surface area contributed by atoms with Gasteiger partial charge in [-0.1, -0.05) is 41.9 Å². The van der Waals surface area contributed by atoms with Gasteiger partial charge >= 0.3 is 0 Å². The summed E-state index contributed by atoms with van der Waals surface area (Å²) in [7, 11) is 0. The van der Waals surface area contributed by atoms with E-state index in [4.69, 9.17) is 4.74 Å². The predicted molar refractivity (Wildman–Crippen MR) is 114 cm³/mol. The molecule has 0 aliphatic heterocycles. The highest BCUT2D eigenvalue weighted by atomic mass is 32.1. The first-order valence-corrected chi connectivity index (χ1v) is 10.1. The molecule has 0 bridgehead atoms. The zero-order chi connectivity index (χ0) is 20.1. The maximum atomic E-state index is 13.0. The largest absolute Gasteiger partial charge is 0.494 e. The van der Waals surface area contributed by atoms with Crippen molar-refractivity contribution in [1.82, 2.24) is 3.96 Å². The van der Waals surface area contributed by atoms with E-state index in [-0.39, 0.29) is 16.9 Å². The van der Waals surface area contributed by atoms with Crippen LogP contribution in [0.15, 0.2) is 59.4 Å². The molecule has 0 saturated heterocycles. The Kier molecular flexibility index (Phi) is 6.19. The number of anilines is 1. The molecule has 0 aliphatic rings. The molecule has 0 unspecified atom stereocenters. The van der Waals surface area contributed by atoms with Crippen LogP contribution >= 0.6 is 11.5 Å². The summed E-state index contributed by atoms with van der Waals surface area (Å²) in [6.45, 7) is 7.17. The smallest absolute Gasteiger partial charge is 0.285 e. The average Bonchev–Trinajstić information content (AvgIpc) is 3.00. The number of hydrogen-bond acceptors (Lipinski definition) is 4. The van der Waals surface area contributed by atoms with Gasteiger partial charge in [0, 0.05) is 6.54 Å². The monoisotopic (exact) mass is 400 g/mol. The summed E-state index contributed by atoms with van der Waals surface area (Å²) in [5.74, 6) is 0.354. The van der Waals surface area contributed by atoms with Gasteiger partial charge in [-0.05, 0) is 57.0 Å². The summed E-state index contributed by atoms with van der Waals surface area (Å²) >= 11 is 1.48. The van der Waals surface area contributed by atoms with Crippen molar-refractivity contribution >= 4 is 17.2 Å². The van der Waals surface area contributed by atoms with Crippen LogP contribution in [0.4, 0.5) is 10.1 Å². The molecule has 0 atom stereocenters. The van der Waals surface area contributed by atoms with Crippen LogP contribution in [0.2, 0.25) is 0 Å². The minimum Gasteiger partial charge on any atom is -0.494 e. The molecule has 0 fully saturated rings. The number of halogens is 1. The summed E-state index contributed by atoms with van der Waals surface area (Å²) in [5, 5.41) is 3.30. The molecule has 3 aromatic rings. The van der Waals surface area contributed by atoms with E-state index in [1.165, 1.54) is 23.7 Å². The van der Waals surface area contributed by atoms with Crippen LogP contribution < -0.4 is 15.6 Å². The van der Waals surface area contributed by atoms with Crippen molar-refractivity contribution < 1.29 is 9.13 Å². The highest BCUT2D eigenvalue weighted by Crippen LogP contribution is 2.33. The number of nitrogens with zero attached hydrogens (tertiary/aromatic N) is 1. The molecular formula is C22H25FN2O2S. The van der Waals surface area contributed by atoms with E-state index in [0.717, 1.165) is 16.9 Å². The lowest BCUT2D eigenvalue weighted by Crippen LogP contribution is -2.30. The van der Waals surface area contributed by atoms with Crippen LogP contribution in [-0.4, -0.2) is 17.1 Å². The molecule has 28 heavy (non-hydrogen) atoms. The number of nitrogens with one attached hydrogen (secondary N) is 1. The van der Waals surface area contributed by atoms with Crippen LogP contribution in [0.3, 0.4) is 0 Å². The van der Waals surface area contributed by atoms with Crippen LogP contribution in [0.5, 0.6) is 5.75 Å². The number of rotatable bonds is 7.